The molecule has 2 N–H and O–H groups in total. The fourth-order valence-electron chi connectivity index (χ4n) is 2.08. The molecule has 134 valence electrons. The number of rotatable bonds is 6. The lowest BCUT2D eigenvalue weighted by molar-refractivity contribution is -0.116. The minimum absolute atomic E-state index is 0.443. The Labute approximate surface area is 142 Å². The van der Waals surface area contributed by atoms with Crippen molar-refractivity contribution in [3.8, 4) is 11.5 Å². The second-order valence-corrected chi connectivity index (χ2v) is 5.14. The molecule has 0 saturated heterocycles. The zero-order valence-electron chi connectivity index (χ0n) is 13.8. The van der Waals surface area contributed by atoms with Crippen LogP contribution in [0.25, 0.3) is 0 Å². The molecule has 2 aromatic rings. The van der Waals surface area contributed by atoms with Gasteiger partial charge in [0.25, 0.3) is 0 Å². The Morgan fingerprint density at radius 3 is 2.32 bits per heavy atom. The van der Waals surface area contributed by atoms with Gasteiger partial charge in [0, 0.05) is 6.07 Å². The van der Waals surface area contributed by atoms with Crippen LogP contribution >= 0.6 is 0 Å². The molecular weight excluding hydrogens is 337 g/mol. The number of benzene rings is 2. The van der Waals surface area contributed by atoms with Crippen molar-refractivity contribution in [2.75, 3.05) is 24.9 Å². The van der Waals surface area contributed by atoms with Crippen molar-refractivity contribution < 1.29 is 27.4 Å². The molecule has 0 spiro atoms. The Balaban J connectivity index is 2.12. The number of amides is 1. The fraction of sp³-hybridized carbons (Fsp3) is 0.235. The van der Waals surface area contributed by atoms with Gasteiger partial charge in [-0.15, -0.1) is 0 Å². The van der Waals surface area contributed by atoms with Gasteiger partial charge in [0.1, 0.15) is 17.5 Å². The van der Waals surface area contributed by atoms with Crippen molar-refractivity contribution in [1.82, 2.24) is 0 Å². The monoisotopic (exact) mass is 354 g/mol. The van der Waals surface area contributed by atoms with Gasteiger partial charge in [0.2, 0.25) is 5.91 Å². The van der Waals surface area contributed by atoms with Gasteiger partial charge in [0.15, 0.2) is 17.5 Å². The van der Waals surface area contributed by atoms with E-state index < -0.39 is 35.1 Å². The molecule has 0 aliphatic carbocycles. The van der Waals surface area contributed by atoms with E-state index in [0.717, 1.165) is 12.1 Å². The summed E-state index contributed by atoms with van der Waals surface area (Å²) in [6.45, 7) is 1.52. The molecule has 8 heteroatoms. The van der Waals surface area contributed by atoms with Crippen LogP contribution in [-0.4, -0.2) is 26.2 Å². The number of carbonyl (C=O) groups is 1. The summed E-state index contributed by atoms with van der Waals surface area (Å²) in [5, 5.41) is 5.11. The Hall–Kier alpha value is -2.90. The van der Waals surface area contributed by atoms with Gasteiger partial charge in [-0.25, -0.2) is 13.2 Å². The molecule has 5 nitrogen and oxygen atoms in total. The summed E-state index contributed by atoms with van der Waals surface area (Å²) >= 11 is 0. The first-order chi connectivity index (χ1) is 11.9. The Morgan fingerprint density at radius 2 is 1.68 bits per heavy atom. The van der Waals surface area contributed by atoms with Crippen molar-refractivity contribution in [3.63, 3.8) is 0 Å². The van der Waals surface area contributed by atoms with Crippen LogP contribution in [0.1, 0.15) is 6.92 Å². The number of ether oxygens (including phenoxy) is 2. The smallest absolute Gasteiger partial charge is 0.246 e. The summed E-state index contributed by atoms with van der Waals surface area (Å²) in [4.78, 5) is 12.2. The molecule has 0 saturated carbocycles. The minimum Gasteiger partial charge on any atom is -0.497 e. The molecule has 0 bridgehead atoms. The highest BCUT2D eigenvalue weighted by Crippen LogP contribution is 2.29. The van der Waals surface area contributed by atoms with Crippen molar-refractivity contribution in [3.05, 3.63) is 47.8 Å². The molecule has 2 aromatic carbocycles. The van der Waals surface area contributed by atoms with Crippen LogP contribution in [0.15, 0.2) is 30.3 Å². The fourth-order valence-corrected chi connectivity index (χ4v) is 2.08. The van der Waals surface area contributed by atoms with Gasteiger partial charge in [-0.1, -0.05) is 0 Å². The molecule has 0 radical (unpaired) electrons. The molecule has 2 rings (SSSR count). The molecule has 0 aliphatic rings. The maximum atomic E-state index is 13.6. The van der Waals surface area contributed by atoms with E-state index in [9.17, 15) is 18.0 Å². The molecule has 1 amide bonds. The number of carbonyl (C=O) groups excluding carboxylic acids is 1. The minimum atomic E-state index is -1.64. The van der Waals surface area contributed by atoms with Crippen LogP contribution in [0.3, 0.4) is 0 Å². The first-order valence-electron chi connectivity index (χ1n) is 7.30. The number of methoxy groups -OCH3 is 2. The molecule has 0 aromatic heterocycles. The highest BCUT2D eigenvalue weighted by Gasteiger charge is 2.19. The van der Waals surface area contributed by atoms with Gasteiger partial charge in [-0.2, -0.15) is 0 Å². The SMILES string of the molecule is COc1ccc(N[C@@H](C)C(=O)Nc2ccc(F)c(F)c2F)c(OC)c1. The predicted molar refractivity (Wildman–Crippen MR) is 87.6 cm³/mol. The van der Waals surface area contributed by atoms with Gasteiger partial charge in [-0.05, 0) is 31.2 Å². The van der Waals surface area contributed by atoms with Gasteiger partial charge < -0.3 is 20.1 Å². The van der Waals surface area contributed by atoms with Crippen LogP contribution < -0.4 is 20.1 Å². The zero-order valence-corrected chi connectivity index (χ0v) is 13.8. The van der Waals surface area contributed by atoms with E-state index >= 15 is 0 Å². The number of anilines is 2. The summed E-state index contributed by atoms with van der Waals surface area (Å²) in [7, 11) is 2.97. The Morgan fingerprint density at radius 1 is 1.00 bits per heavy atom. The van der Waals surface area contributed by atoms with Gasteiger partial charge in [-0.3, -0.25) is 4.79 Å². The normalized spacial score (nSPS) is 11.6. The second kappa shape index (κ2) is 7.78. The summed E-state index contributed by atoms with van der Waals surface area (Å²) in [6.07, 6.45) is 0. The standard InChI is InChI=1S/C17H17F3N2O3/c1-9(21-12-6-4-10(24-2)8-14(12)25-3)17(23)22-13-7-5-11(18)15(19)16(13)20/h4-9,21H,1-3H3,(H,22,23)/t9-/m0/s1. The van der Waals surface area contributed by atoms with Crippen molar-refractivity contribution in [1.29, 1.82) is 0 Å². The predicted octanol–water partition coefficient (Wildman–Crippen LogP) is 3.56. The lowest BCUT2D eigenvalue weighted by Gasteiger charge is -2.18. The van der Waals surface area contributed by atoms with E-state index in [1.165, 1.54) is 21.1 Å². The lowest BCUT2D eigenvalue weighted by atomic mass is 10.2. The summed E-state index contributed by atoms with van der Waals surface area (Å²) in [5.41, 5.74) is 0.0657. The molecule has 0 unspecified atom stereocenters. The second-order valence-electron chi connectivity index (χ2n) is 5.14. The molecule has 1 atom stereocenters. The van der Waals surface area contributed by atoms with E-state index in [-0.39, 0.29) is 0 Å². The van der Waals surface area contributed by atoms with Crippen LogP contribution in [-0.2, 0) is 4.79 Å². The van der Waals surface area contributed by atoms with Gasteiger partial charge >= 0.3 is 0 Å². The molecule has 0 aliphatic heterocycles. The third-order valence-corrected chi connectivity index (χ3v) is 3.47. The van der Waals surface area contributed by atoms with Crippen LogP contribution in [0.2, 0.25) is 0 Å². The number of hydrogen-bond acceptors (Lipinski definition) is 4. The quantitative estimate of drug-likeness (QED) is 0.779. The maximum absolute atomic E-state index is 13.6. The molecule has 0 fully saturated rings. The number of nitrogens with one attached hydrogen (secondary N) is 2. The average Bonchev–Trinajstić information content (AvgIpc) is 2.62. The molecule has 25 heavy (non-hydrogen) atoms. The van der Waals surface area contributed by atoms with Crippen molar-refractivity contribution in [2.45, 2.75) is 13.0 Å². The first-order valence-corrected chi connectivity index (χ1v) is 7.30. The van der Waals surface area contributed by atoms with E-state index in [1.54, 1.807) is 18.2 Å². The summed E-state index contributed by atoms with van der Waals surface area (Å²) in [5.74, 6) is -4.05. The Bertz CT molecular complexity index is 784. The molecule has 0 heterocycles. The largest absolute Gasteiger partial charge is 0.497 e. The van der Waals surface area contributed by atoms with Crippen LogP contribution in [0, 0.1) is 17.5 Å². The summed E-state index contributed by atoms with van der Waals surface area (Å²) < 4.78 is 50.1. The highest BCUT2D eigenvalue weighted by molar-refractivity contribution is 5.96. The maximum Gasteiger partial charge on any atom is 0.246 e. The highest BCUT2D eigenvalue weighted by atomic mass is 19.2. The van der Waals surface area contributed by atoms with Crippen LogP contribution in [0.5, 0.6) is 11.5 Å². The third-order valence-electron chi connectivity index (χ3n) is 3.47. The van der Waals surface area contributed by atoms with Crippen molar-refractivity contribution in [2.24, 2.45) is 0 Å². The third kappa shape index (κ3) is 4.14. The van der Waals surface area contributed by atoms with E-state index in [0.29, 0.717) is 17.2 Å². The Kier molecular flexibility index (Phi) is 5.74. The first kappa shape index (κ1) is 18.4. The number of halogens is 3. The van der Waals surface area contributed by atoms with E-state index in [1.807, 2.05) is 0 Å². The average molecular weight is 354 g/mol. The zero-order chi connectivity index (χ0) is 18.6. The topological polar surface area (TPSA) is 59.6 Å². The van der Waals surface area contributed by atoms with E-state index in [2.05, 4.69) is 10.6 Å². The molecular formula is C17H17F3N2O3. The number of hydrogen-bond donors (Lipinski definition) is 2. The van der Waals surface area contributed by atoms with Gasteiger partial charge in [0.05, 0.1) is 25.6 Å². The van der Waals surface area contributed by atoms with Crippen LogP contribution in [0.4, 0.5) is 24.5 Å². The van der Waals surface area contributed by atoms with Crippen molar-refractivity contribution >= 4 is 17.3 Å². The lowest BCUT2D eigenvalue weighted by Crippen LogP contribution is -2.32. The van der Waals surface area contributed by atoms with E-state index in [4.69, 9.17) is 9.47 Å². The summed E-state index contributed by atoms with van der Waals surface area (Å²) in [6, 6.07) is 5.83.